The topological polar surface area (TPSA) is 42.0 Å². The Labute approximate surface area is 183 Å². The second-order valence-electron chi connectivity index (χ2n) is 10.3. The van der Waals surface area contributed by atoms with Crippen LogP contribution in [0.1, 0.15) is 42.0 Å². The molecule has 4 atom stereocenters. The van der Waals surface area contributed by atoms with Crippen LogP contribution in [0.5, 0.6) is 0 Å². The SMILES string of the molecule is CCc1cc2c(s1)CCO[C@@]21CCN(CC2CN(C(=O)C3C4COCC43)C2)[C@@H](C)C1. The van der Waals surface area contributed by atoms with E-state index in [1.54, 1.807) is 4.88 Å². The van der Waals surface area contributed by atoms with Crippen LogP contribution in [-0.2, 0) is 32.7 Å². The highest BCUT2D eigenvalue weighted by Gasteiger charge is 2.59. The van der Waals surface area contributed by atoms with Crippen LogP contribution >= 0.6 is 11.3 Å². The molecule has 0 bridgehead atoms. The van der Waals surface area contributed by atoms with Crippen LogP contribution in [0.3, 0.4) is 0 Å². The molecule has 6 rings (SSSR count). The van der Waals surface area contributed by atoms with E-state index in [2.05, 4.69) is 29.7 Å². The summed E-state index contributed by atoms with van der Waals surface area (Å²) < 4.78 is 11.9. The van der Waals surface area contributed by atoms with Crippen molar-refractivity contribution in [3.8, 4) is 0 Å². The highest BCUT2D eigenvalue weighted by atomic mass is 32.1. The summed E-state index contributed by atoms with van der Waals surface area (Å²) >= 11 is 2.01. The third-order valence-electron chi connectivity index (χ3n) is 8.46. The predicted molar refractivity (Wildman–Crippen MR) is 117 cm³/mol. The molecule has 0 radical (unpaired) electrons. The lowest BCUT2D eigenvalue weighted by Crippen LogP contribution is -2.58. The van der Waals surface area contributed by atoms with Crippen molar-refractivity contribution in [2.75, 3.05) is 46.0 Å². The van der Waals surface area contributed by atoms with Crippen molar-refractivity contribution in [3.63, 3.8) is 0 Å². The van der Waals surface area contributed by atoms with Gasteiger partial charge in [-0.1, -0.05) is 6.92 Å². The summed E-state index contributed by atoms with van der Waals surface area (Å²) in [5, 5.41) is 0. The molecule has 1 aliphatic carbocycles. The average molecular weight is 431 g/mol. The Balaban J connectivity index is 1.04. The maximum Gasteiger partial charge on any atom is 0.226 e. The number of thiophene rings is 1. The number of piperidine rings is 1. The first-order valence-electron chi connectivity index (χ1n) is 11.9. The lowest BCUT2D eigenvalue weighted by atomic mass is 9.79. The van der Waals surface area contributed by atoms with E-state index in [1.807, 2.05) is 11.3 Å². The number of ether oxygens (including phenoxy) is 2. The molecule has 1 spiro atoms. The highest BCUT2D eigenvalue weighted by molar-refractivity contribution is 7.12. The van der Waals surface area contributed by atoms with Gasteiger partial charge >= 0.3 is 0 Å². The number of hydrogen-bond acceptors (Lipinski definition) is 5. The van der Waals surface area contributed by atoms with E-state index in [1.165, 1.54) is 10.4 Å². The van der Waals surface area contributed by atoms with E-state index in [-0.39, 0.29) is 11.5 Å². The molecule has 30 heavy (non-hydrogen) atoms. The molecule has 3 saturated heterocycles. The van der Waals surface area contributed by atoms with Crippen molar-refractivity contribution in [3.05, 3.63) is 21.4 Å². The van der Waals surface area contributed by atoms with E-state index >= 15 is 0 Å². The second-order valence-corrected chi connectivity index (χ2v) is 11.5. The second kappa shape index (κ2) is 7.29. The average Bonchev–Trinajstić information content (AvgIpc) is 3.06. The number of aryl methyl sites for hydroxylation is 1. The summed E-state index contributed by atoms with van der Waals surface area (Å²) in [6.07, 6.45) is 4.41. The van der Waals surface area contributed by atoms with Crippen LogP contribution in [0.15, 0.2) is 6.07 Å². The van der Waals surface area contributed by atoms with Gasteiger partial charge in [-0.05, 0) is 49.7 Å². The van der Waals surface area contributed by atoms with Gasteiger partial charge in [0.25, 0.3) is 0 Å². The molecular weight excluding hydrogens is 396 g/mol. The fourth-order valence-corrected chi connectivity index (χ4v) is 7.74. The van der Waals surface area contributed by atoms with Gasteiger partial charge in [-0.3, -0.25) is 4.79 Å². The largest absolute Gasteiger partial charge is 0.381 e. The lowest BCUT2D eigenvalue weighted by molar-refractivity contribution is -0.142. The third-order valence-corrected chi connectivity index (χ3v) is 9.80. The van der Waals surface area contributed by atoms with Crippen LogP contribution in [0.2, 0.25) is 0 Å². The van der Waals surface area contributed by atoms with Gasteiger partial charge in [0, 0.05) is 60.2 Å². The zero-order valence-electron chi connectivity index (χ0n) is 18.3. The minimum absolute atomic E-state index is 0.0547. The van der Waals surface area contributed by atoms with Gasteiger partial charge in [0.1, 0.15) is 0 Å². The molecule has 2 unspecified atom stereocenters. The number of carbonyl (C=O) groups is 1. The van der Waals surface area contributed by atoms with E-state index in [4.69, 9.17) is 9.47 Å². The molecule has 1 aromatic heterocycles. The molecule has 5 nitrogen and oxygen atoms in total. The third kappa shape index (κ3) is 3.09. The van der Waals surface area contributed by atoms with Crippen molar-refractivity contribution < 1.29 is 14.3 Å². The van der Waals surface area contributed by atoms with Gasteiger partial charge in [-0.25, -0.2) is 0 Å². The first-order chi connectivity index (χ1) is 14.6. The summed E-state index contributed by atoms with van der Waals surface area (Å²) in [5.74, 6) is 2.38. The number of amides is 1. The zero-order chi connectivity index (χ0) is 20.5. The Morgan fingerprint density at radius 2 is 2.10 bits per heavy atom. The van der Waals surface area contributed by atoms with Gasteiger partial charge < -0.3 is 19.3 Å². The Morgan fingerprint density at radius 3 is 2.83 bits per heavy atom. The molecule has 5 heterocycles. The summed E-state index contributed by atoms with van der Waals surface area (Å²) in [6.45, 7) is 11.2. The van der Waals surface area contributed by atoms with Crippen molar-refractivity contribution in [2.45, 2.75) is 51.2 Å². The van der Waals surface area contributed by atoms with Gasteiger partial charge in [0.15, 0.2) is 0 Å². The monoisotopic (exact) mass is 430 g/mol. The van der Waals surface area contributed by atoms with Crippen molar-refractivity contribution >= 4 is 17.2 Å². The van der Waals surface area contributed by atoms with E-state index in [0.29, 0.717) is 29.7 Å². The quantitative estimate of drug-likeness (QED) is 0.737. The molecule has 1 aromatic rings. The number of fused-ring (bicyclic) bond motifs is 3. The van der Waals surface area contributed by atoms with Crippen molar-refractivity contribution in [1.29, 1.82) is 0 Å². The highest BCUT2D eigenvalue weighted by Crippen LogP contribution is 2.52. The molecular formula is C24H34N2O3S. The lowest BCUT2D eigenvalue weighted by Gasteiger charge is -2.50. The number of carbonyl (C=O) groups excluding carboxylic acids is 1. The van der Waals surface area contributed by atoms with Crippen LogP contribution < -0.4 is 0 Å². The molecule has 0 N–H and O–H groups in total. The Bertz CT molecular complexity index is 824. The maximum atomic E-state index is 12.7. The zero-order valence-corrected chi connectivity index (χ0v) is 19.1. The van der Waals surface area contributed by atoms with Gasteiger partial charge in [-0.2, -0.15) is 0 Å². The summed E-state index contributed by atoms with van der Waals surface area (Å²) in [4.78, 5) is 20.5. The van der Waals surface area contributed by atoms with Gasteiger partial charge in [0.05, 0.1) is 25.4 Å². The Hall–Kier alpha value is -0.950. The van der Waals surface area contributed by atoms with Crippen molar-refractivity contribution in [1.82, 2.24) is 9.80 Å². The normalized spacial score (nSPS) is 38.4. The number of nitrogens with zero attached hydrogens (tertiary/aromatic N) is 2. The molecule has 164 valence electrons. The molecule has 4 aliphatic heterocycles. The number of likely N-dealkylation sites (tertiary alicyclic amines) is 2. The van der Waals surface area contributed by atoms with Crippen LogP contribution in [-0.4, -0.2) is 67.7 Å². The van der Waals surface area contributed by atoms with Crippen molar-refractivity contribution in [2.24, 2.45) is 23.7 Å². The fourth-order valence-electron chi connectivity index (χ4n) is 6.56. The molecule has 5 aliphatic rings. The van der Waals surface area contributed by atoms with E-state index in [9.17, 15) is 4.79 Å². The molecule has 4 fully saturated rings. The standard InChI is InChI=1S/C24H34N2O3S/c1-3-17-8-20-21(30-17)4-7-29-24(20)5-6-25(15(2)9-24)10-16-11-26(12-16)23(27)22-18-13-28-14-19(18)22/h8,15-16,18-19,22H,3-7,9-14H2,1-2H3/t15-,18?,19?,22?,24+/m0/s1. The Kier molecular flexibility index (Phi) is 4.79. The predicted octanol–water partition coefficient (Wildman–Crippen LogP) is 2.91. The fraction of sp³-hybridized carbons (Fsp3) is 0.792. The van der Waals surface area contributed by atoms with Gasteiger partial charge in [0.2, 0.25) is 5.91 Å². The Morgan fingerprint density at radius 1 is 1.30 bits per heavy atom. The summed E-state index contributed by atoms with van der Waals surface area (Å²) in [7, 11) is 0. The van der Waals surface area contributed by atoms with E-state index < -0.39 is 0 Å². The van der Waals surface area contributed by atoms with Crippen LogP contribution in [0, 0.1) is 23.7 Å². The number of rotatable bonds is 4. The summed E-state index contributed by atoms with van der Waals surface area (Å²) in [6, 6.07) is 2.97. The maximum absolute atomic E-state index is 12.7. The smallest absolute Gasteiger partial charge is 0.226 e. The van der Waals surface area contributed by atoms with Crippen LogP contribution in [0.4, 0.5) is 0 Å². The minimum atomic E-state index is -0.0547. The minimum Gasteiger partial charge on any atom is -0.381 e. The molecule has 6 heteroatoms. The molecule has 1 saturated carbocycles. The van der Waals surface area contributed by atoms with E-state index in [0.717, 1.165) is 71.7 Å². The summed E-state index contributed by atoms with van der Waals surface area (Å²) in [5.41, 5.74) is 1.45. The first kappa shape index (κ1) is 19.7. The number of hydrogen-bond donors (Lipinski definition) is 0. The molecule has 1 amide bonds. The van der Waals surface area contributed by atoms with Gasteiger partial charge in [-0.15, -0.1) is 11.3 Å². The first-order valence-corrected chi connectivity index (χ1v) is 12.8. The van der Waals surface area contributed by atoms with Crippen LogP contribution in [0.25, 0.3) is 0 Å². The molecule has 0 aromatic carbocycles.